The quantitative estimate of drug-likeness (QED) is 0.400. The normalized spacial score (nSPS) is 21.2. The van der Waals surface area contributed by atoms with Crippen molar-refractivity contribution in [3.63, 3.8) is 0 Å². The number of aromatic nitrogens is 1. The van der Waals surface area contributed by atoms with Gasteiger partial charge in [-0.3, -0.25) is 0 Å². The number of halogens is 2. The van der Waals surface area contributed by atoms with Crippen LogP contribution in [-0.4, -0.2) is 54.4 Å². The molecule has 0 radical (unpaired) electrons. The SMILES string of the molecule is CC(C)(C)OC(=O)N[C@@H](C1CCCCC1)[C@H](O)Nc1ccc(S(=O)(=O)NC2CC(F)(F)C2)cn1. The monoisotopic (exact) mass is 504 g/mol. The number of alkyl halides is 2. The second kappa shape index (κ2) is 10.3. The van der Waals surface area contributed by atoms with Crippen molar-refractivity contribution in [3.8, 4) is 0 Å². The number of carbonyl (C=O) groups is 1. The van der Waals surface area contributed by atoms with E-state index in [1.54, 1.807) is 20.8 Å². The van der Waals surface area contributed by atoms with E-state index in [1.165, 1.54) is 12.1 Å². The number of amides is 1. The summed E-state index contributed by atoms with van der Waals surface area (Å²) in [5.74, 6) is -2.60. The van der Waals surface area contributed by atoms with Crippen LogP contribution in [0.4, 0.5) is 19.4 Å². The molecule has 2 aliphatic carbocycles. The fraction of sp³-hybridized carbons (Fsp3) is 0.727. The maximum atomic E-state index is 13.0. The van der Waals surface area contributed by atoms with Gasteiger partial charge in [0, 0.05) is 25.1 Å². The van der Waals surface area contributed by atoms with Gasteiger partial charge in [-0.2, -0.15) is 0 Å². The van der Waals surface area contributed by atoms with E-state index in [9.17, 15) is 27.1 Å². The van der Waals surface area contributed by atoms with Crippen LogP contribution in [0.2, 0.25) is 0 Å². The van der Waals surface area contributed by atoms with Crippen LogP contribution in [0.25, 0.3) is 0 Å². The number of ether oxygens (including phenoxy) is 1. The molecule has 192 valence electrons. The molecule has 1 aromatic heterocycles. The summed E-state index contributed by atoms with van der Waals surface area (Å²) < 4.78 is 58.4. The van der Waals surface area contributed by atoms with Gasteiger partial charge in [-0.25, -0.2) is 31.7 Å². The molecule has 1 heterocycles. The van der Waals surface area contributed by atoms with Crippen molar-refractivity contribution >= 4 is 21.9 Å². The van der Waals surface area contributed by atoms with Crippen LogP contribution >= 0.6 is 0 Å². The Balaban J connectivity index is 1.64. The van der Waals surface area contributed by atoms with Crippen LogP contribution in [0.3, 0.4) is 0 Å². The minimum absolute atomic E-state index is 0.0354. The molecule has 0 spiro atoms. The van der Waals surface area contributed by atoms with E-state index >= 15 is 0 Å². The highest BCUT2D eigenvalue weighted by Crippen LogP contribution is 2.38. The molecular weight excluding hydrogens is 470 g/mol. The zero-order valence-corrected chi connectivity index (χ0v) is 20.5. The van der Waals surface area contributed by atoms with Crippen LogP contribution in [0.5, 0.6) is 0 Å². The van der Waals surface area contributed by atoms with E-state index in [-0.39, 0.29) is 16.6 Å². The van der Waals surface area contributed by atoms with E-state index in [2.05, 4.69) is 20.3 Å². The van der Waals surface area contributed by atoms with Crippen molar-refractivity contribution in [2.45, 2.75) is 100 Å². The molecule has 9 nitrogen and oxygen atoms in total. The summed E-state index contributed by atoms with van der Waals surface area (Å²) in [6.07, 6.45) is 2.98. The van der Waals surface area contributed by atoms with Gasteiger partial charge in [0.1, 0.15) is 22.5 Å². The van der Waals surface area contributed by atoms with Crippen molar-refractivity contribution in [2.75, 3.05) is 5.32 Å². The van der Waals surface area contributed by atoms with Crippen molar-refractivity contribution < 1.29 is 31.8 Å². The summed E-state index contributed by atoms with van der Waals surface area (Å²) >= 11 is 0. The molecule has 4 N–H and O–H groups in total. The maximum Gasteiger partial charge on any atom is 0.408 e. The molecule has 1 aromatic rings. The fourth-order valence-corrected chi connectivity index (χ4v) is 5.47. The number of hydrogen-bond acceptors (Lipinski definition) is 7. The number of aliphatic hydroxyl groups excluding tert-OH is 1. The first-order valence-corrected chi connectivity index (χ1v) is 13.0. The third-order valence-electron chi connectivity index (χ3n) is 5.94. The Labute approximate surface area is 199 Å². The second-order valence-electron chi connectivity index (χ2n) is 10.1. The third-order valence-corrected chi connectivity index (χ3v) is 7.44. The predicted molar refractivity (Wildman–Crippen MR) is 122 cm³/mol. The minimum Gasteiger partial charge on any atom is -0.444 e. The zero-order valence-electron chi connectivity index (χ0n) is 19.7. The first-order valence-electron chi connectivity index (χ1n) is 11.5. The van der Waals surface area contributed by atoms with Crippen LogP contribution in [0, 0.1) is 5.92 Å². The van der Waals surface area contributed by atoms with E-state index < -0.39 is 58.8 Å². The molecule has 1 amide bonds. The summed E-state index contributed by atoms with van der Waals surface area (Å²) in [6.45, 7) is 5.26. The number of anilines is 1. The van der Waals surface area contributed by atoms with Gasteiger partial charge >= 0.3 is 6.09 Å². The molecule has 0 bridgehead atoms. The van der Waals surface area contributed by atoms with Crippen LogP contribution in [0.1, 0.15) is 65.7 Å². The van der Waals surface area contributed by atoms with Crippen molar-refractivity contribution in [2.24, 2.45) is 5.92 Å². The summed E-state index contributed by atoms with van der Waals surface area (Å²) in [6, 6.07) is 1.20. The van der Waals surface area contributed by atoms with Crippen molar-refractivity contribution in [3.05, 3.63) is 18.3 Å². The predicted octanol–water partition coefficient (Wildman–Crippen LogP) is 3.36. The lowest BCUT2D eigenvalue weighted by molar-refractivity contribution is -0.0876. The fourth-order valence-electron chi connectivity index (χ4n) is 4.29. The summed E-state index contributed by atoms with van der Waals surface area (Å²) in [5, 5.41) is 16.5. The van der Waals surface area contributed by atoms with Crippen molar-refractivity contribution in [1.82, 2.24) is 15.0 Å². The number of nitrogens with zero attached hydrogens (tertiary/aromatic N) is 1. The topological polar surface area (TPSA) is 130 Å². The van der Waals surface area contributed by atoms with Crippen LogP contribution in [0.15, 0.2) is 23.2 Å². The molecule has 2 aliphatic rings. The third kappa shape index (κ3) is 7.47. The van der Waals surface area contributed by atoms with Crippen molar-refractivity contribution in [1.29, 1.82) is 0 Å². The Bertz CT molecular complexity index is 939. The van der Waals surface area contributed by atoms with Gasteiger partial charge in [0.15, 0.2) is 0 Å². The largest absolute Gasteiger partial charge is 0.444 e. The van der Waals surface area contributed by atoms with E-state index in [4.69, 9.17) is 4.74 Å². The number of pyridine rings is 1. The average Bonchev–Trinajstić information content (AvgIpc) is 2.70. The molecule has 0 saturated heterocycles. The molecule has 0 aromatic carbocycles. The van der Waals surface area contributed by atoms with Gasteiger partial charge in [0.25, 0.3) is 5.92 Å². The molecule has 0 unspecified atom stereocenters. The van der Waals surface area contributed by atoms with E-state index in [0.29, 0.717) is 0 Å². The second-order valence-corrected chi connectivity index (χ2v) is 11.8. The Morgan fingerprint density at radius 1 is 1.21 bits per heavy atom. The maximum absolute atomic E-state index is 13.0. The molecule has 0 aliphatic heterocycles. The molecule has 34 heavy (non-hydrogen) atoms. The lowest BCUT2D eigenvalue weighted by Gasteiger charge is -2.35. The Morgan fingerprint density at radius 3 is 2.38 bits per heavy atom. The first-order chi connectivity index (χ1) is 15.7. The number of alkyl carbamates (subject to hydrolysis) is 1. The molecular formula is C22H34F2N4O5S. The summed E-state index contributed by atoms with van der Waals surface area (Å²) in [5.41, 5.74) is -0.689. The smallest absolute Gasteiger partial charge is 0.408 e. The molecule has 2 saturated carbocycles. The van der Waals surface area contributed by atoms with Crippen LogP contribution < -0.4 is 15.4 Å². The first kappa shape index (κ1) is 26.6. The van der Waals surface area contributed by atoms with Gasteiger partial charge in [-0.05, 0) is 51.7 Å². The summed E-state index contributed by atoms with van der Waals surface area (Å²) in [4.78, 5) is 16.3. The Kier molecular flexibility index (Phi) is 8.03. The molecule has 2 fully saturated rings. The van der Waals surface area contributed by atoms with Gasteiger partial charge in [0.05, 0.1) is 6.04 Å². The lowest BCUT2D eigenvalue weighted by Crippen LogP contribution is -2.52. The minimum atomic E-state index is -3.99. The number of nitrogens with one attached hydrogen (secondary N) is 3. The molecule has 12 heteroatoms. The number of hydrogen-bond donors (Lipinski definition) is 4. The lowest BCUT2D eigenvalue weighted by atomic mass is 9.83. The summed E-state index contributed by atoms with van der Waals surface area (Å²) in [7, 11) is -3.99. The number of sulfonamides is 1. The van der Waals surface area contributed by atoms with Gasteiger partial charge in [-0.1, -0.05) is 19.3 Å². The number of aliphatic hydroxyl groups is 1. The van der Waals surface area contributed by atoms with Gasteiger partial charge in [0.2, 0.25) is 10.0 Å². The number of rotatable bonds is 8. The zero-order chi connectivity index (χ0) is 25.1. The molecule has 3 rings (SSSR count). The average molecular weight is 505 g/mol. The standard InChI is InChI=1S/C22H34F2N4O5S/c1-21(2,3)33-20(30)27-18(14-7-5-4-6-8-14)19(29)26-17-10-9-16(13-25-17)34(31,32)28-15-11-22(23,24)12-15/h9-10,13-15,18-19,28-29H,4-8,11-12H2,1-3H3,(H,25,26)(H,27,30)/t18-,19-/m0/s1. The Hall–Kier alpha value is -2.05. The molecule has 2 atom stereocenters. The van der Waals surface area contributed by atoms with Gasteiger partial charge < -0.3 is 20.5 Å². The highest BCUT2D eigenvalue weighted by Gasteiger charge is 2.46. The highest BCUT2D eigenvalue weighted by atomic mass is 32.2. The number of carbonyl (C=O) groups excluding carboxylic acids is 1. The van der Waals surface area contributed by atoms with Gasteiger partial charge in [-0.15, -0.1) is 0 Å². The van der Waals surface area contributed by atoms with E-state index in [0.717, 1.165) is 38.3 Å². The Morgan fingerprint density at radius 2 is 1.85 bits per heavy atom. The van der Waals surface area contributed by atoms with E-state index in [1.807, 2.05) is 0 Å². The highest BCUT2D eigenvalue weighted by molar-refractivity contribution is 7.89. The van der Waals surface area contributed by atoms with Crippen LogP contribution in [-0.2, 0) is 14.8 Å².